The van der Waals surface area contributed by atoms with Crippen molar-refractivity contribution in [3.63, 3.8) is 0 Å². The molecule has 0 bridgehead atoms. The molecule has 20 heavy (non-hydrogen) atoms. The molecular weight excluding hydrogens is 254 g/mol. The fourth-order valence-electron chi connectivity index (χ4n) is 2.57. The molecule has 4 heteroatoms. The third-order valence-corrected chi connectivity index (χ3v) is 3.40. The van der Waals surface area contributed by atoms with Gasteiger partial charge in [-0.05, 0) is 22.9 Å². The van der Waals surface area contributed by atoms with Crippen LogP contribution in [0.1, 0.15) is 5.56 Å². The fraction of sp³-hybridized carbons (Fsp3) is 0.0625. The van der Waals surface area contributed by atoms with Gasteiger partial charge >= 0.3 is 0 Å². The van der Waals surface area contributed by atoms with Gasteiger partial charge in [0, 0.05) is 18.8 Å². The molecule has 3 rings (SSSR count). The minimum Gasteiger partial charge on any atom is -0.507 e. The Bertz CT molecular complexity index is 790. The maximum Gasteiger partial charge on any atom is 0.138 e. The first kappa shape index (κ1) is 12.3. The molecule has 0 saturated heterocycles. The molecule has 0 aliphatic rings. The van der Waals surface area contributed by atoms with Crippen molar-refractivity contribution in [2.45, 2.75) is 0 Å². The molecule has 3 N–H and O–H groups in total. The molecule has 0 amide bonds. The molecule has 0 radical (unpaired) electrons. The van der Waals surface area contributed by atoms with Gasteiger partial charge in [0.05, 0.1) is 10.8 Å². The Balaban J connectivity index is 2.69. The first-order valence-electron chi connectivity index (χ1n) is 6.15. The largest absolute Gasteiger partial charge is 0.507 e. The summed E-state index contributed by atoms with van der Waals surface area (Å²) in [6.45, 7) is 0. The van der Waals surface area contributed by atoms with Crippen LogP contribution in [0.25, 0.3) is 21.5 Å². The van der Waals surface area contributed by atoms with E-state index in [9.17, 15) is 15.3 Å². The average Bonchev–Trinajstić information content (AvgIpc) is 2.43. The third kappa shape index (κ3) is 1.58. The molecule has 3 aromatic rings. The Labute approximate surface area is 115 Å². The van der Waals surface area contributed by atoms with Crippen LogP contribution in [0.4, 0.5) is 0 Å². The van der Waals surface area contributed by atoms with E-state index in [4.69, 9.17) is 0 Å². The molecule has 0 atom stereocenters. The topological polar surface area (TPSA) is 73.1 Å². The minimum atomic E-state index is -0.126. The highest BCUT2D eigenvalue weighted by atomic mass is 16.3. The van der Waals surface area contributed by atoms with Crippen LogP contribution in [0, 0.1) is 0 Å². The van der Waals surface area contributed by atoms with Gasteiger partial charge in [0.25, 0.3) is 0 Å². The zero-order chi connectivity index (χ0) is 14.3. The Morgan fingerprint density at radius 2 is 1.35 bits per heavy atom. The summed E-state index contributed by atoms with van der Waals surface area (Å²) in [6, 6.07) is 10.0. The van der Waals surface area contributed by atoms with Crippen molar-refractivity contribution in [2.24, 2.45) is 4.99 Å². The number of aromatic hydroxyl groups is 3. The third-order valence-electron chi connectivity index (χ3n) is 3.40. The molecule has 0 aromatic heterocycles. The maximum absolute atomic E-state index is 10.4. The van der Waals surface area contributed by atoms with Gasteiger partial charge in [-0.1, -0.05) is 24.3 Å². The van der Waals surface area contributed by atoms with Gasteiger partial charge in [0.2, 0.25) is 0 Å². The van der Waals surface area contributed by atoms with Crippen molar-refractivity contribution in [1.82, 2.24) is 0 Å². The van der Waals surface area contributed by atoms with Gasteiger partial charge in [-0.25, -0.2) is 0 Å². The number of fused-ring (bicyclic) bond motifs is 2. The van der Waals surface area contributed by atoms with E-state index < -0.39 is 0 Å². The monoisotopic (exact) mass is 267 g/mol. The molecule has 0 fully saturated rings. The van der Waals surface area contributed by atoms with Crippen LogP contribution in [0.15, 0.2) is 41.4 Å². The summed E-state index contributed by atoms with van der Waals surface area (Å²) in [5.41, 5.74) is 0.752. The van der Waals surface area contributed by atoms with Crippen LogP contribution < -0.4 is 0 Å². The summed E-state index contributed by atoms with van der Waals surface area (Å²) in [7, 11) is 1.65. The summed E-state index contributed by atoms with van der Waals surface area (Å²) in [5.74, 6) is -0.189. The summed E-state index contributed by atoms with van der Waals surface area (Å²) >= 11 is 0. The molecule has 100 valence electrons. The van der Waals surface area contributed by atoms with E-state index in [2.05, 4.69) is 4.99 Å². The first-order chi connectivity index (χ1) is 9.65. The molecule has 4 nitrogen and oxygen atoms in total. The van der Waals surface area contributed by atoms with E-state index in [-0.39, 0.29) is 17.2 Å². The molecule has 0 spiro atoms. The van der Waals surface area contributed by atoms with Crippen LogP contribution in [0.2, 0.25) is 0 Å². The highest BCUT2D eigenvalue weighted by Crippen LogP contribution is 2.44. The lowest BCUT2D eigenvalue weighted by molar-refractivity contribution is 0.460. The van der Waals surface area contributed by atoms with Crippen molar-refractivity contribution >= 4 is 27.8 Å². The van der Waals surface area contributed by atoms with Crippen LogP contribution in [-0.4, -0.2) is 28.6 Å². The van der Waals surface area contributed by atoms with E-state index >= 15 is 0 Å². The molecule has 0 unspecified atom stereocenters. The Kier molecular flexibility index (Phi) is 2.71. The number of benzene rings is 3. The molecular formula is C16H13NO3. The van der Waals surface area contributed by atoms with Crippen molar-refractivity contribution in [3.05, 3.63) is 42.0 Å². The lowest BCUT2D eigenvalue weighted by Crippen LogP contribution is -1.90. The molecule has 0 aliphatic carbocycles. The Hall–Kier alpha value is -2.75. The predicted octanol–water partition coefficient (Wildman–Crippen LogP) is 3.16. The highest BCUT2D eigenvalue weighted by molar-refractivity contribution is 6.19. The number of phenols is 3. The number of nitrogens with zero attached hydrogens (tertiary/aromatic N) is 1. The molecule has 3 aromatic carbocycles. The van der Waals surface area contributed by atoms with Gasteiger partial charge in [0.15, 0.2) is 0 Å². The lowest BCUT2D eigenvalue weighted by atomic mass is 9.95. The van der Waals surface area contributed by atoms with Crippen LogP contribution in [0.5, 0.6) is 17.2 Å². The summed E-state index contributed by atoms with van der Waals surface area (Å²) < 4.78 is 0. The minimum absolute atomic E-state index is 0.0316. The molecule has 0 heterocycles. The SMILES string of the molecule is CN=Cc1c2cccc(O)c2c(O)c2c(O)cccc12. The summed E-state index contributed by atoms with van der Waals surface area (Å²) in [6.07, 6.45) is 1.66. The maximum atomic E-state index is 10.4. The van der Waals surface area contributed by atoms with E-state index in [1.807, 2.05) is 0 Å². The number of rotatable bonds is 1. The fourth-order valence-corrected chi connectivity index (χ4v) is 2.57. The van der Waals surface area contributed by atoms with Crippen molar-refractivity contribution < 1.29 is 15.3 Å². The first-order valence-corrected chi connectivity index (χ1v) is 6.15. The van der Waals surface area contributed by atoms with Crippen LogP contribution >= 0.6 is 0 Å². The van der Waals surface area contributed by atoms with E-state index in [1.165, 1.54) is 12.1 Å². The number of hydrogen-bond acceptors (Lipinski definition) is 4. The van der Waals surface area contributed by atoms with Crippen molar-refractivity contribution in [3.8, 4) is 17.2 Å². The number of hydrogen-bond donors (Lipinski definition) is 3. The summed E-state index contributed by atoms with van der Waals surface area (Å²) in [5, 5.41) is 32.4. The van der Waals surface area contributed by atoms with Crippen LogP contribution in [0.3, 0.4) is 0 Å². The van der Waals surface area contributed by atoms with E-state index in [0.29, 0.717) is 21.5 Å². The lowest BCUT2D eigenvalue weighted by Gasteiger charge is -2.12. The Morgan fingerprint density at radius 3 is 1.80 bits per heavy atom. The highest BCUT2D eigenvalue weighted by Gasteiger charge is 2.17. The van der Waals surface area contributed by atoms with Gasteiger partial charge in [-0.2, -0.15) is 0 Å². The average molecular weight is 267 g/mol. The second-order valence-corrected chi connectivity index (χ2v) is 4.55. The van der Waals surface area contributed by atoms with Gasteiger partial charge < -0.3 is 15.3 Å². The van der Waals surface area contributed by atoms with E-state index in [0.717, 1.165) is 5.56 Å². The van der Waals surface area contributed by atoms with Crippen molar-refractivity contribution in [1.29, 1.82) is 0 Å². The normalized spacial score (nSPS) is 11.7. The summed E-state index contributed by atoms with van der Waals surface area (Å²) in [4.78, 5) is 4.03. The molecule has 0 aliphatic heterocycles. The quantitative estimate of drug-likeness (QED) is 0.468. The number of aliphatic imine (C=N–C) groups is 1. The zero-order valence-corrected chi connectivity index (χ0v) is 10.8. The Morgan fingerprint density at radius 1 is 0.850 bits per heavy atom. The molecule has 0 saturated carbocycles. The van der Waals surface area contributed by atoms with Crippen molar-refractivity contribution in [2.75, 3.05) is 7.05 Å². The van der Waals surface area contributed by atoms with Gasteiger partial charge in [-0.3, -0.25) is 4.99 Å². The number of phenolic OH excluding ortho intramolecular Hbond substituents is 3. The zero-order valence-electron chi connectivity index (χ0n) is 10.8. The predicted molar refractivity (Wildman–Crippen MR) is 80.0 cm³/mol. The van der Waals surface area contributed by atoms with Gasteiger partial charge in [-0.15, -0.1) is 0 Å². The van der Waals surface area contributed by atoms with Gasteiger partial charge in [0.1, 0.15) is 17.2 Å². The van der Waals surface area contributed by atoms with E-state index in [1.54, 1.807) is 37.5 Å². The second kappa shape index (κ2) is 4.42. The smallest absolute Gasteiger partial charge is 0.138 e. The second-order valence-electron chi connectivity index (χ2n) is 4.55. The standard InChI is InChI=1S/C16H13NO3/c1-17-8-11-9-4-2-6-12(18)14(9)16(20)15-10(11)5-3-7-13(15)19/h2-8,18-20H,1H3. The van der Waals surface area contributed by atoms with Crippen LogP contribution in [-0.2, 0) is 0 Å².